The third-order valence-electron chi connectivity index (χ3n) is 1.76. The zero-order chi connectivity index (χ0) is 10.5. The maximum atomic E-state index is 10.4. The molecule has 0 rings (SSSR count). The molecule has 0 aliphatic heterocycles. The van der Waals surface area contributed by atoms with Gasteiger partial charge in [-0.25, -0.2) is 5.14 Å². The van der Waals surface area contributed by atoms with Crippen LogP contribution in [0.3, 0.4) is 0 Å². The van der Waals surface area contributed by atoms with E-state index in [-0.39, 0.29) is 19.1 Å². The lowest BCUT2D eigenvalue weighted by Gasteiger charge is -2.18. The van der Waals surface area contributed by atoms with Crippen molar-refractivity contribution in [3.63, 3.8) is 0 Å². The predicted octanol–water partition coefficient (Wildman–Crippen LogP) is -1.45. The monoisotopic (exact) mass is 212 g/mol. The first-order valence-electron chi connectivity index (χ1n) is 3.96. The van der Waals surface area contributed by atoms with Crippen molar-refractivity contribution in [1.29, 1.82) is 0 Å². The summed E-state index contributed by atoms with van der Waals surface area (Å²) in [5.74, 6) is -0.302. The second-order valence-electron chi connectivity index (χ2n) is 2.75. The van der Waals surface area contributed by atoms with Gasteiger partial charge in [-0.1, -0.05) is 6.92 Å². The van der Waals surface area contributed by atoms with Gasteiger partial charge in [-0.2, -0.15) is 8.42 Å². The minimum atomic E-state index is -3.92. The molecule has 0 saturated carbocycles. The second-order valence-corrected chi connectivity index (χ2v) is 3.97. The summed E-state index contributed by atoms with van der Waals surface area (Å²) in [6.45, 7) is 1.75. The fourth-order valence-electron chi connectivity index (χ4n) is 0.876. The molecule has 0 radical (unpaired) electrons. The van der Waals surface area contributed by atoms with Crippen LogP contribution >= 0.6 is 0 Å². The van der Waals surface area contributed by atoms with E-state index in [0.29, 0.717) is 6.42 Å². The molecule has 0 amide bonds. The first-order valence-corrected chi connectivity index (χ1v) is 5.43. The molecule has 0 aliphatic rings. The van der Waals surface area contributed by atoms with E-state index in [4.69, 9.17) is 5.73 Å². The van der Waals surface area contributed by atoms with E-state index >= 15 is 0 Å². The molecule has 0 saturated heterocycles. The summed E-state index contributed by atoms with van der Waals surface area (Å²) >= 11 is 0. The summed E-state index contributed by atoms with van der Waals surface area (Å²) < 4.78 is 25.2. The predicted molar refractivity (Wildman–Crippen MR) is 47.9 cm³/mol. The summed E-state index contributed by atoms with van der Waals surface area (Å²) in [6.07, 6.45) is -0.180. The van der Waals surface area contributed by atoms with E-state index in [1.807, 2.05) is 0 Å². The van der Waals surface area contributed by atoms with Crippen LogP contribution in [0, 0.1) is 5.92 Å². The summed E-state index contributed by atoms with van der Waals surface area (Å²) in [6, 6.07) is 0. The first-order chi connectivity index (χ1) is 5.90. The highest BCUT2D eigenvalue weighted by Gasteiger charge is 2.18. The standard InChI is InChI=1S/C6H16N2O4S/c1-2-5(6(9)3-7)4-12-13(8,10)11/h5-6,9H,2-4,7H2,1H3,(H2,8,10,11)/t5-,6+/m1/s1. The van der Waals surface area contributed by atoms with Gasteiger partial charge in [-0.3, -0.25) is 4.18 Å². The van der Waals surface area contributed by atoms with Gasteiger partial charge in [0, 0.05) is 12.5 Å². The summed E-state index contributed by atoms with van der Waals surface area (Å²) in [7, 11) is -3.92. The number of aliphatic hydroxyl groups is 1. The Morgan fingerprint density at radius 3 is 2.38 bits per heavy atom. The smallest absolute Gasteiger partial charge is 0.333 e. The number of aliphatic hydroxyl groups excluding tert-OH is 1. The molecule has 7 heteroatoms. The Balaban J connectivity index is 4.00. The number of hydrogen-bond acceptors (Lipinski definition) is 5. The van der Waals surface area contributed by atoms with E-state index in [0.717, 1.165) is 0 Å². The fraction of sp³-hybridized carbons (Fsp3) is 1.00. The Bertz CT molecular complexity index is 229. The third kappa shape index (κ3) is 5.94. The van der Waals surface area contributed by atoms with E-state index < -0.39 is 16.4 Å². The van der Waals surface area contributed by atoms with Gasteiger partial charge in [-0.15, -0.1) is 0 Å². The second kappa shape index (κ2) is 5.51. The Morgan fingerprint density at radius 2 is 2.08 bits per heavy atom. The number of nitrogens with two attached hydrogens (primary N) is 2. The van der Waals surface area contributed by atoms with Crippen LogP contribution in [0.15, 0.2) is 0 Å². The van der Waals surface area contributed by atoms with E-state index in [1.54, 1.807) is 6.92 Å². The van der Waals surface area contributed by atoms with E-state index in [9.17, 15) is 13.5 Å². The largest absolute Gasteiger partial charge is 0.391 e. The third-order valence-corrected chi connectivity index (χ3v) is 2.22. The lowest BCUT2D eigenvalue weighted by Crippen LogP contribution is -2.33. The highest BCUT2D eigenvalue weighted by molar-refractivity contribution is 7.84. The molecular formula is C6H16N2O4S. The van der Waals surface area contributed by atoms with Crippen molar-refractivity contribution < 1.29 is 17.7 Å². The molecule has 0 fully saturated rings. The van der Waals surface area contributed by atoms with Crippen LogP contribution in [0.5, 0.6) is 0 Å². The van der Waals surface area contributed by atoms with Crippen molar-refractivity contribution in [3.8, 4) is 0 Å². The van der Waals surface area contributed by atoms with Crippen LogP contribution in [0.25, 0.3) is 0 Å². The zero-order valence-corrected chi connectivity index (χ0v) is 8.33. The van der Waals surface area contributed by atoms with Crippen LogP contribution < -0.4 is 10.9 Å². The molecule has 0 aromatic carbocycles. The molecule has 0 aromatic rings. The van der Waals surface area contributed by atoms with Gasteiger partial charge in [-0.05, 0) is 6.42 Å². The SMILES string of the molecule is CC[C@H](COS(N)(=O)=O)[C@@H](O)CN. The summed E-state index contributed by atoms with van der Waals surface area (Å²) in [5.41, 5.74) is 5.20. The molecule has 5 N–H and O–H groups in total. The van der Waals surface area contributed by atoms with Crippen LogP contribution in [0.2, 0.25) is 0 Å². The van der Waals surface area contributed by atoms with Gasteiger partial charge >= 0.3 is 10.3 Å². The lowest BCUT2D eigenvalue weighted by atomic mass is 10.0. The van der Waals surface area contributed by atoms with Crippen molar-refractivity contribution in [2.45, 2.75) is 19.4 Å². The molecule has 80 valence electrons. The number of hydrogen-bond donors (Lipinski definition) is 3. The van der Waals surface area contributed by atoms with Crippen molar-refractivity contribution in [2.24, 2.45) is 16.8 Å². The molecule has 13 heavy (non-hydrogen) atoms. The van der Waals surface area contributed by atoms with Crippen LogP contribution in [0.1, 0.15) is 13.3 Å². The molecule has 0 spiro atoms. The molecule has 2 atom stereocenters. The Labute approximate surface area is 78.1 Å². The van der Waals surface area contributed by atoms with Gasteiger partial charge < -0.3 is 10.8 Å². The normalized spacial score (nSPS) is 16.9. The van der Waals surface area contributed by atoms with Crippen LogP contribution in [-0.4, -0.2) is 32.8 Å². The Morgan fingerprint density at radius 1 is 1.54 bits per heavy atom. The average molecular weight is 212 g/mol. The minimum Gasteiger partial charge on any atom is -0.391 e. The molecule has 0 bridgehead atoms. The first kappa shape index (κ1) is 12.8. The molecule has 0 aliphatic carbocycles. The molecule has 0 unspecified atom stereocenters. The number of rotatable bonds is 6. The molecule has 0 aromatic heterocycles. The summed E-state index contributed by atoms with van der Waals surface area (Å²) in [4.78, 5) is 0. The Kier molecular flexibility index (Phi) is 5.42. The molecular weight excluding hydrogens is 196 g/mol. The van der Waals surface area contributed by atoms with Crippen LogP contribution in [-0.2, 0) is 14.5 Å². The maximum absolute atomic E-state index is 10.4. The average Bonchev–Trinajstić information content (AvgIpc) is 2.03. The quantitative estimate of drug-likeness (QED) is 0.498. The van der Waals surface area contributed by atoms with E-state index in [2.05, 4.69) is 9.32 Å². The van der Waals surface area contributed by atoms with Gasteiger partial charge in [0.15, 0.2) is 0 Å². The highest BCUT2D eigenvalue weighted by Crippen LogP contribution is 2.09. The molecule has 6 nitrogen and oxygen atoms in total. The topological polar surface area (TPSA) is 116 Å². The fourth-order valence-corrected chi connectivity index (χ4v) is 1.24. The van der Waals surface area contributed by atoms with Gasteiger partial charge in [0.2, 0.25) is 0 Å². The van der Waals surface area contributed by atoms with Crippen molar-refractivity contribution in [3.05, 3.63) is 0 Å². The van der Waals surface area contributed by atoms with Gasteiger partial charge in [0.25, 0.3) is 0 Å². The maximum Gasteiger partial charge on any atom is 0.333 e. The van der Waals surface area contributed by atoms with Crippen molar-refractivity contribution in [1.82, 2.24) is 0 Å². The molecule has 0 heterocycles. The van der Waals surface area contributed by atoms with Crippen molar-refractivity contribution in [2.75, 3.05) is 13.2 Å². The highest BCUT2D eigenvalue weighted by atomic mass is 32.2. The lowest BCUT2D eigenvalue weighted by molar-refractivity contribution is 0.0809. The van der Waals surface area contributed by atoms with Crippen molar-refractivity contribution >= 4 is 10.3 Å². The van der Waals surface area contributed by atoms with Crippen LogP contribution in [0.4, 0.5) is 0 Å². The van der Waals surface area contributed by atoms with Gasteiger partial charge in [0.1, 0.15) is 0 Å². The summed E-state index contributed by atoms with van der Waals surface area (Å²) in [5, 5.41) is 13.9. The minimum absolute atomic E-state index is 0.0759. The Hall–Kier alpha value is -0.210. The van der Waals surface area contributed by atoms with E-state index in [1.165, 1.54) is 0 Å². The van der Waals surface area contributed by atoms with Gasteiger partial charge in [0.05, 0.1) is 12.7 Å². The zero-order valence-electron chi connectivity index (χ0n) is 7.51.